The van der Waals surface area contributed by atoms with E-state index in [0.29, 0.717) is 34.0 Å². The van der Waals surface area contributed by atoms with Crippen molar-refractivity contribution in [2.45, 2.75) is 18.5 Å². The van der Waals surface area contributed by atoms with Crippen molar-refractivity contribution in [3.63, 3.8) is 0 Å². The quantitative estimate of drug-likeness (QED) is 0.199. The van der Waals surface area contributed by atoms with Crippen LogP contribution in [0, 0.1) is 11.8 Å². The van der Waals surface area contributed by atoms with Gasteiger partial charge >= 0.3 is 11.6 Å². The Morgan fingerprint density at radius 1 is 0.978 bits per heavy atom. The first kappa shape index (κ1) is 27.8. The average Bonchev–Trinajstić information content (AvgIpc) is 3.82. The molecule has 0 amide bonds. The number of fused-ring (bicyclic) bond motifs is 4. The molecule has 0 unspecified atom stereocenters. The number of nitrogens with zero attached hydrogens (tertiary/aromatic N) is 3. The molecule has 0 saturated carbocycles. The summed E-state index contributed by atoms with van der Waals surface area (Å²) in [5.41, 5.74) is 3.66. The number of para-hydroxylation sites is 1. The van der Waals surface area contributed by atoms with Gasteiger partial charge in [-0.05, 0) is 53.1 Å². The Labute approximate surface area is 261 Å². The molecule has 0 bridgehead atoms. The van der Waals surface area contributed by atoms with Crippen LogP contribution < -0.4 is 29.9 Å². The predicted molar refractivity (Wildman–Crippen MR) is 162 cm³/mol. The number of hydrogen-bond acceptors (Lipinski definition) is 12. The predicted octanol–water partition coefficient (Wildman–Crippen LogP) is 3.97. The Bertz CT molecular complexity index is 2050. The Hall–Kier alpha value is -5.72. The van der Waals surface area contributed by atoms with Crippen LogP contribution >= 0.6 is 0 Å². The average molecular weight is 625 g/mol. The van der Waals surface area contributed by atoms with Crippen LogP contribution in [-0.4, -0.2) is 53.7 Å². The lowest BCUT2D eigenvalue weighted by molar-refractivity contribution is -0.141. The summed E-state index contributed by atoms with van der Waals surface area (Å²) in [5, 5.41) is 23.6. The number of benzene rings is 3. The standard InChI is InChI=1S/C33H28N4O9/c1-41-26-7-16(8-27(42-2)32(26)39)29-19-9-24-25(45-15-44-24)10-20(19)31(21-14-43-33(40)30(21)29)37-13-17(35-36-37)12-34-22-11-28(38)46-23-6-4-3-5-18(22)23/h3-11,13,21,29-31,34,39H,12,14-15H2,1-2H3/t21-,29+,30-,31+/m0/s1. The summed E-state index contributed by atoms with van der Waals surface area (Å²) < 4.78 is 35.2. The van der Waals surface area contributed by atoms with Crippen molar-refractivity contribution >= 4 is 22.6 Å². The molecule has 13 heteroatoms. The summed E-state index contributed by atoms with van der Waals surface area (Å²) in [6.45, 7) is 0.534. The first-order valence-corrected chi connectivity index (χ1v) is 14.7. The Kier molecular flexibility index (Phi) is 6.48. The largest absolute Gasteiger partial charge is 0.502 e. The van der Waals surface area contributed by atoms with Gasteiger partial charge in [0.25, 0.3) is 0 Å². The van der Waals surface area contributed by atoms with E-state index in [0.717, 1.165) is 16.5 Å². The summed E-state index contributed by atoms with van der Waals surface area (Å²) in [7, 11) is 2.92. The van der Waals surface area contributed by atoms with Crippen LogP contribution in [0.1, 0.15) is 34.3 Å². The number of methoxy groups -OCH3 is 2. The molecule has 13 nitrogen and oxygen atoms in total. The second-order valence-corrected chi connectivity index (χ2v) is 11.4. The molecule has 4 heterocycles. The van der Waals surface area contributed by atoms with Crippen molar-refractivity contribution in [1.29, 1.82) is 0 Å². The van der Waals surface area contributed by atoms with Gasteiger partial charge in [0.1, 0.15) is 11.3 Å². The van der Waals surface area contributed by atoms with Crippen molar-refractivity contribution in [2.24, 2.45) is 11.8 Å². The monoisotopic (exact) mass is 624 g/mol. The maximum atomic E-state index is 13.5. The van der Waals surface area contributed by atoms with Gasteiger partial charge in [-0.2, -0.15) is 0 Å². The number of anilines is 1. The normalized spacial score (nSPS) is 21.0. The lowest BCUT2D eigenvalue weighted by atomic mass is 9.65. The van der Waals surface area contributed by atoms with Gasteiger partial charge in [-0.25, -0.2) is 9.48 Å². The number of carbonyl (C=O) groups excluding carboxylic acids is 1. The minimum Gasteiger partial charge on any atom is -0.502 e. The molecule has 2 aliphatic heterocycles. The highest BCUT2D eigenvalue weighted by molar-refractivity contribution is 5.89. The molecular formula is C33H28N4O9. The molecule has 46 heavy (non-hydrogen) atoms. The van der Waals surface area contributed by atoms with E-state index in [9.17, 15) is 14.7 Å². The highest BCUT2D eigenvalue weighted by Crippen LogP contribution is 2.56. The van der Waals surface area contributed by atoms with E-state index in [4.69, 9.17) is 28.1 Å². The van der Waals surface area contributed by atoms with E-state index in [1.54, 1.807) is 28.9 Å². The van der Waals surface area contributed by atoms with Crippen LogP contribution in [0.25, 0.3) is 11.0 Å². The number of aromatic hydroxyl groups is 1. The third-order valence-corrected chi connectivity index (χ3v) is 8.96. The first-order chi connectivity index (χ1) is 22.4. The lowest BCUT2D eigenvalue weighted by Gasteiger charge is -2.39. The number of phenols is 1. The van der Waals surface area contributed by atoms with Crippen molar-refractivity contribution < 1.29 is 38.0 Å². The molecule has 234 valence electrons. The SMILES string of the molecule is COc1cc([C@@H]2c3cc4c(cc3[C@@H](n3cc(CNc5cc(=O)oc6ccccc56)nn3)[C@H]3COC(=O)[C@H]23)OCO4)cc(OC)c1O. The number of aromatic nitrogens is 3. The minimum absolute atomic E-state index is 0.0784. The van der Waals surface area contributed by atoms with E-state index in [-0.39, 0.29) is 49.1 Å². The molecule has 8 rings (SSSR count). The zero-order chi connectivity index (χ0) is 31.5. The van der Waals surface area contributed by atoms with Gasteiger partial charge in [-0.3, -0.25) is 4.79 Å². The molecule has 0 radical (unpaired) electrons. The molecule has 2 N–H and O–H groups in total. The molecule has 1 saturated heterocycles. The number of phenolic OH excluding ortho intramolecular Hbond substituents is 1. The van der Waals surface area contributed by atoms with Crippen molar-refractivity contribution in [3.05, 3.63) is 93.6 Å². The van der Waals surface area contributed by atoms with E-state index in [1.807, 2.05) is 30.5 Å². The Morgan fingerprint density at radius 3 is 2.48 bits per heavy atom. The smallest absolute Gasteiger partial charge is 0.338 e. The van der Waals surface area contributed by atoms with Crippen LogP contribution in [0.4, 0.5) is 5.69 Å². The van der Waals surface area contributed by atoms with Crippen molar-refractivity contribution in [2.75, 3.05) is 32.9 Å². The molecular weight excluding hydrogens is 596 g/mol. The number of cyclic esters (lactones) is 1. The van der Waals surface area contributed by atoms with Gasteiger partial charge in [-0.15, -0.1) is 5.10 Å². The molecule has 5 aromatic rings. The van der Waals surface area contributed by atoms with Crippen LogP contribution in [0.3, 0.4) is 0 Å². The molecule has 2 aromatic heterocycles. The van der Waals surface area contributed by atoms with Crippen LogP contribution in [-0.2, 0) is 16.1 Å². The molecule has 4 atom stereocenters. The van der Waals surface area contributed by atoms with E-state index >= 15 is 0 Å². The number of ether oxygens (including phenoxy) is 5. The summed E-state index contributed by atoms with van der Waals surface area (Å²) in [6, 6.07) is 15.5. The van der Waals surface area contributed by atoms with Gasteiger partial charge in [0.05, 0.1) is 51.2 Å². The fraction of sp³-hybridized carbons (Fsp3) is 0.273. The minimum atomic E-state index is -0.600. The van der Waals surface area contributed by atoms with Gasteiger partial charge in [0, 0.05) is 23.3 Å². The lowest BCUT2D eigenvalue weighted by Crippen LogP contribution is -2.37. The van der Waals surface area contributed by atoms with Gasteiger partial charge in [0.2, 0.25) is 12.5 Å². The number of esters is 1. The fourth-order valence-electron chi connectivity index (χ4n) is 6.94. The highest BCUT2D eigenvalue weighted by Gasteiger charge is 2.53. The Balaban J connectivity index is 1.21. The molecule has 1 aliphatic carbocycles. The molecule has 0 spiro atoms. The van der Waals surface area contributed by atoms with Crippen LogP contribution in [0.15, 0.2) is 70.0 Å². The summed E-state index contributed by atoms with van der Waals surface area (Å²) in [5.74, 6) is -0.279. The van der Waals surface area contributed by atoms with Gasteiger partial charge < -0.3 is 38.5 Å². The van der Waals surface area contributed by atoms with E-state index in [2.05, 4.69) is 15.6 Å². The van der Waals surface area contributed by atoms with Gasteiger partial charge in [0.15, 0.2) is 23.0 Å². The second kappa shape index (κ2) is 10.7. The fourth-order valence-corrected chi connectivity index (χ4v) is 6.94. The third-order valence-electron chi connectivity index (χ3n) is 8.96. The van der Waals surface area contributed by atoms with Crippen molar-refractivity contribution in [3.8, 4) is 28.7 Å². The zero-order valence-electron chi connectivity index (χ0n) is 24.8. The van der Waals surface area contributed by atoms with E-state index < -0.39 is 23.5 Å². The summed E-state index contributed by atoms with van der Waals surface area (Å²) in [6.07, 6.45) is 1.83. The summed E-state index contributed by atoms with van der Waals surface area (Å²) in [4.78, 5) is 25.7. The van der Waals surface area contributed by atoms with Crippen molar-refractivity contribution in [1.82, 2.24) is 15.0 Å². The Morgan fingerprint density at radius 2 is 1.72 bits per heavy atom. The number of nitrogens with one attached hydrogen (secondary N) is 1. The molecule has 3 aromatic carbocycles. The van der Waals surface area contributed by atoms with Gasteiger partial charge in [-0.1, -0.05) is 17.3 Å². The number of rotatable bonds is 7. The van der Waals surface area contributed by atoms with E-state index in [1.165, 1.54) is 20.3 Å². The molecule has 1 fully saturated rings. The molecule has 3 aliphatic rings. The maximum Gasteiger partial charge on any atom is 0.338 e. The van der Waals surface area contributed by atoms with Crippen LogP contribution in [0.5, 0.6) is 28.7 Å². The third kappa shape index (κ3) is 4.37. The number of hydrogen-bond donors (Lipinski definition) is 2. The second-order valence-electron chi connectivity index (χ2n) is 11.4. The zero-order valence-corrected chi connectivity index (χ0v) is 24.8. The van der Waals surface area contributed by atoms with Crippen LogP contribution in [0.2, 0.25) is 0 Å². The topological polar surface area (TPSA) is 156 Å². The maximum absolute atomic E-state index is 13.5. The first-order valence-electron chi connectivity index (χ1n) is 14.7. The highest BCUT2D eigenvalue weighted by atomic mass is 16.7. The number of carbonyl (C=O) groups is 1. The summed E-state index contributed by atoms with van der Waals surface area (Å²) >= 11 is 0.